The van der Waals surface area contributed by atoms with Gasteiger partial charge in [-0.15, -0.1) is 0 Å². The molecule has 3 heteroatoms. The number of fused-ring (bicyclic) bond motifs is 2. The van der Waals surface area contributed by atoms with Gasteiger partial charge in [-0.05, 0) is 66.5 Å². The number of ether oxygens (including phenoxy) is 1. The molecule has 26 heavy (non-hydrogen) atoms. The minimum atomic E-state index is 0.155. The van der Waals surface area contributed by atoms with Gasteiger partial charge in [-0.3, -0.25) is 4.79 Å². The second kappa shape index (κ2) is 6.15. The van der Waals surface area contributed by atoms with Gasteiger partial charge in [0, 0.05) is 18.2 Å². The second-order valence-electron chi connectivity index (χ2n) is 9.09. The molecule has 0 unspecified atom stereocenters. The zero-order chi connectivity index (χ0) is 18.4. The predicted molar refractivity (Wildman–Crippen MR) is 104 cm³/mol. The first-order valence-electron chi connectivity index (χ1n) is 9.48. The summed E-state index contributed by atoms with van der Waals surface area (Å²) in [5, 5.41) is 0. The van der Waals surface area contributed by atoms with Gasteiger partial charge in [0.2, 0.25) is 0 Å². The van der Waals surface area contributed by atoms with Crippen molar-refractivity contribution in [3.63, 3.8) is 0 Å². The Bertz CT molecular complexity index is 797. The molecule has 4 rings (SSSR count). The minimum Gasteiger partial charge on any atom is -0.457 e. The molecule has 2 aliphatic rings. The van der Waals surface area contributed by atoms with E-state index in [1.54, 1.807) is 0 Å². The van der Waals surface area contributed by atoms with Crippen molar-refractivity contribution in [1.82, 2.24) is 4.90 Å². The number of nitrogens with zero attached hydrogens (tertiary/aromatic N) is 1. The summed E-state index contributed by atoms with van der Waals surface area (Å²) in [5.41, 5.74) is 1.33. The van der Waals surface area contributed by atoms with Crippen molar-refractivity contribution in [1.29, 1.82) is 0 Å². The van der Waals surface area contributed by atoms with Crippen molar-refractivity contribution in [3.8, 4) is 11.5 Å². The molecule has 1 amide bonds. The molecule has 1 heterocycles. The summed E-state index contributed by atoms with van der Waals surface area (Å²) in [5.74, 6) is 1.71. The monoisotopic (exact) mass is 349 g/mol. The number of hydrogen-bond acceptors (Lipinski definition) is 2. The topological polar surface area (TPSA) is 29.5 Å². The van der Waals surface area contributed by atoms with E-state index in [4.69, 9.17) is 4.74 Å². The van der Waals surface area contributed by atoms with Crippen LogP contribution in [0.15, 0.2) is 54.6 Å². The van der Waals surface area contributed by atoms with Gasteiger partial charge in [0.05, 0.1) is 0 Å². The Morgan fingerprint density at radius 1 is 0.962 bits per heavy atom. The van der Waals surface area contributed by atoms with Crippen molar-refractivity contribution < 1.29 is 9.53 Å². The van der Waals surface area contributed by atoms with E-state index in [-0.39, 0.29) is 11.3 Å². The number of likely N-dealkylation sites (tertiary alicyclic amines) is 1. The molecule has 2 bridgehead atoms. The SMILES string of the molecule is CC1(C)C[C@H]2C[C@](C)(CN2C(=O)c2ccc(Oc3ccccc3)cc2)C1. The Labute approximate surface area is 156 Å². The fourth-order valence-corrected chi connectivity index (χ4v) is 5.15. The summed E-state index contributed by atoms with van der Waals surface area (Å²) in [7, 11) is 0. The predicted octanol–water partition coefficient (Wildman–Crippen LogP) is 5.52. The lowest BCUT2D eigenvalue weighted by molar-refractivity contribution is 0.0708. The molecule has 2 aromatic rings. The highest BCUT2D eigenvalue weighted by Gasteiger charge is 2.50. The lowest BCUT2D eigenvalue weighted by Crippen LogP contribution is -2.37. The maximum Gasteiger partial charge on any atom is 0.254 e. The van der Waals surface area contributed by atoms with Crippen LogP contribution in [0.4, 0.5) is 0 Å². The quantitative estimate of drug-likeness (QED) is 0.730. The van der Waals surface area contributed by atoms with Crippen LogP contribution in [0.1, 0.15) is 50.4 Å². The Kier molecular flexibility index (Phi) is 4.06. The lowest BCUT2D eigenvalue weighted by atomic mass is 9.65. The normalized spacial score (nSPS) is 26.6. The minimum absolute atomic E-state index is 0.155. The number of para-hydroxylation sites is 1. The van der Waals surface area contributed by atoms with Crippen molar-refractivity contribution in [2.24, 2.45) is 10.8 Å². The molecule has 1 aliphatic carbocycles. The van der Waals surface area contributed by atoms with E-state index in [0.29, 0.717) is 11.5 Å². The Balaban J connectivity index is 1.49. The van der Waals surface area contributed by atoms with E-state index in [1.807, 2.05) is 54.6 Å². The molecular weight excluding hydrogens is 322 g/mol. The van der Waals surface area contributed by atoms with Gasteiger partial charge in [-0.2, -0.15) is 0 Å². The van der Waals surface area contributed by atoms with Crippen molar-refractivity contribution >= 4 is 5.91 Å². The summed E-state index contributed by atoms with van der Waals surface area (Å²) in [6.07, 6.45) is 3.44. The van der Waals surface area contributed by atoms with E-state index in [2.05, 4.69) is 25.7 Å². The van der Waals surface area contributed by atoms with Crippen LogP contribution in [0.2, 0.25) is 0 Å². The smallest absolute Gasteiger partial charge is 0.254 e. The molecule has 2 aromatic carbocycles. The molecule has 3 nitrogen and oxygen atoms in total. The number of hydrogen-bond donors (Lipinski definition) is 0. The van der Waals surface area contributed by atoms with Gasteiger partial charge in [0.1, 0.15) is 11.5 Å². The first kappa shape index (κ1) is 17.1. The number of amides is 1. The maximum atomic E-state index is 13.1. The fraction of sp³-hybridized carbons (Fsp3) is 0.435. The number of carbonyl (C=O) groups excluding carboxylic acids is 1. The fourth-order valence-electron chi connectivity index (χ4n) is 5.15. The molecule has 1 saturated carbocycles. The molecule has 2 fully saturated rings. The van der Waals surface area contributed by atoms with Crippen LogP contribution >= 0.6 is 0 Å². The highest BCUT2D eigenvalue weighted by Crippen LogP contribution is 2.52. The van der Waals surface area contributed by atoms with Crippen LogP contribution in [0, 0.1) is 10.8 Å². The highest BCUT2D eigenvalue weighted by atomic mass is 16.5. The van der Waals surface area contributed by atoms with Gasteiger partial charge in [-0.25, -0.2) is 0 Å². The first-order chi connectivity index (χ1) is 12.3. The second-order valence-corrected chi connectivity index (χ2v) is 9.09. The summed E-state index contributed by atoms with van der Waals surface area (Å²) < 4.78 is 5.83. The molecule has 0 radical (unpaired) electrons. The van der Waals surface area contributed by atoms with E-state index in [9.17, 15) is 4.79 Å². The number of rotatable bonds is 3. The molecule has 1 saturated heterocycles. The third-order valence-corrected chi connectivity index (χ3v) is 5.76. The Morgan fingerprint density at radius 2 is 1.62 bits per heavy atom. The van der Waals surface area contributed by atoms with Gasteiger partial charge in [-0.1, -0.05) is 39.0 Å². The van der Waals surface area contributed by atoms with E-state index in [1.165, 1.54) is 6.42 Å². The molecule has 1 aliphatic heterocycles. The Morgan fingerprint density at radius 3 is 2.31 bits per heavy atom. The summed E-state index contributed by atoms with van der Waals surface area (Å²) in [4.78, 5) is 15.2. The number of carbonyl (C=O) groups is 1. The van der Waals surface area contributed by atoms with Crippen LogP contribution in [-0.2, 0) is 0 Å². The van der Waals surface area contributed by atoms with Gasteiger partial charge in [0.25, 0.3) is 5.91 Å². The summed E-state index contributed by atoms with van der Waals surface area (Å²) >= 11 is 0. The molecule has 0 aromatic heterocycles. The van der Waals surface area contributed by atoms with Crippen LogP contribution in [0.5, 0.6) is 11.5 Å². The zero-order valence-corrected chi connectivity index (χ0v) is 15.9. The molecular formula is C23H27NO2. The van der Waals surface area contributed by atoms with E-state index in [0.717, 1.165) is 36.4 Å². The van der Waals surface area contributed by atoms with E-state index >= 15 is 0 Å². The van der Waals surface area contributed by atoms with Crippen molar-refractivity contribution in [2.45, 2.75) is 46.1 Å². The molecule has 2 atom stereocenters. The van der Waals surface area contributed by atoms with Crippen molar-refractivity contribution in [3.05, 3.63) is 60.2 Å². The zero-order valence-electron chi connectivity index (χ0n) is 15.9. The average Bonchev–Trinajstić information content (AvgIpc) is 2.85. The van der Waals surface area contributed by atoms with Gasteiger partial charge < -0.3 is 9.64 Å². The average molecular weight is 349 g/mol. The summed E-state index contributed by atoms with van der Waals surface area (Å²) in [6, 6.07) is 17.6. The molecule has 0 spiro atoms. The summed E-state index contributed by atoms with van der Waals surface area (Å²) in [6.45, 7) is 7.88. The van der Waals surface area contributed by atoms with Crippen LogP contribution in [-0.4, -0.2) is 23.4 Å². The van der Waals surface area contributed by atoms with Crippen LogP contribution in [0.3, 0.4) is 0 Å². The van der Waals surface area contributed by atoms with E-state index < -0.39 is 0 Å². The van der Waals surface area contributed by atoms with Gasteiger partial charge in [0.15, 0.2) is 0 Å². The first-order valence-corrected chi connectivity index (χ1v) is 9.48. The largest absolute Gasteiger partial charge is 0.457 e. The van der Waals surface area contributed by atoms with Crippen LogP contribution in [0.25, 0.3) is 0 Å². The number of benzene rings is 2. The highest BCUT2D eigenvalue weighted by molar-refractivity contribution is 5.94. The Hall–Kier alpha value is -2.29. The third kappa shape index (κ3) is 3.35. The lowest BCUT2D eigenvalue weighted by Gasteiger charge is -2.39. The van der Waals surface area contributed by atoms with Crippen LogP contribution < -0.4 is 4.74 Å². The molecule has 136 valence electrons. The standard InChI is InChI=1S/C23H27NO2/c1-22(2)13-18-14-23(3,15-22)16-24(18)21(25)17-9-11-20(12-10-17)26-19-7-5-4-6-8-19/h4-12,18H,13-16H2,1-3H3/t18-,23-/m0/s1. The maximum absolute atomic E-state index is 13.1. The van der Waals surface area contributed by atoms with Crippen molar-refractivity contribution in [2.75, 3.05) is 6.54 Å². The van der Waals surface area contributed by atoms with Gasteiger partial charge >= 0.3 is 0 Å². The third-order valence-electron chi connectivity index (χ3n) is 5.76. The molecule has 0 N–H and O–H groups in total.